The molecule has 0 fully saturated rings. The number of hydrogen-bond donors (Lipinski definition) is 1. The number of methoxy groups -OCH3 is 2. The average molecular weight is 547 g/mol. The van der Waals surface area contributed by atoms with E-state index in [1.54, 1.807) is 12.1 Å². The first kappa shape index (κ1) is 27.4. The Morgan fingerprint density at radius 3 is 2.35 bits per heavy atom. The lowest BCUT2D eigenvalue weighted by Crippen LogP contribution is -2.39. The van der Waals surface area contributed by atoms with Gasteiger partial charge in [0.1, 0.15) is 12.3 Å². The molecule has 0 spiro atoms. The van der Waals surface area contributed by atoms with E-state index in [-0.39, 0.29) is 32.8 Å². The van der Waals surface area contributed by atoms with Gasteiger partial charge < -0.3 is 9.47 Å². The van der Waals surface area contributed by atoms with Gasteiger partial charge >= 0.3 is 5.69 Å². The minimum Gasteiger partial charge on any atom is -0.495 e. The van der Waals surface area contributed by atoms with Crippen LogP contribution in [0.15, 0.2) is 70.7 Å². The largest absolute Gasteiger partial charge is 0.495 e. The van der Waals surface area contributed by atoms with E-state index in [0.717, 1.165) is 9.87 Å². The molecule has 3 aromatic rings. The molecule has 13 heteroatoms. The minimum absolute atomic E-state index is 0.0398. The fraction of sp³-hybridized carbons (Fsp3) is 0.167. The fourth-order valence-corrected chi connectivity index (χ4v) is 4.86. The molecule has 194 valence electrons. The first-order chi connectivity index (χ1) is 17.6. The summed E-state index contributed by atoms with van der Waals surface area (Å²) < 4.78 is 38.2. The Labute approximate surface area is 218 Å². The topological polar surface area (TPSA) is 140 Å². The van der Waals surface area contributed by atoms with Gasteiger partial charge in [-0.1, -0.05) is 29.3 Å². The number of nitrogens with one attached hydrogen (secondary N) is 1. The van der Waals surface area contributed by atoms with Crippen molar-refractivity contribution in [3.8, 4) is 11.5 Å². The number of hydrazone groups is 1. The normalized spacial score (nSPS) is 11.2. The molecule has 11 nitrogen and oxygen atoms in total. The van der Waals surface area contributed by atoms with Gasteiger partial charge in [0.25, 0.3) is 15.9 Å². The van der Waals surface area contributed by atoms with Gasteiger partial charge in [0.15, 0.2) is 5.75 Å². The number of nitro benzene ring substituents is 1. The lowest BCUT2D eigenvalue weighted by Gasteiger charge is -2.25. The van der Waals surface area contributed by atoms with Gasteiger partial charge in [-0.05, 0) is 49.4 Å². The van der Waals surface area contributed by atoms with Crippen molar-refractivity contribution in [3.63, 3.8) is 0 Å². The van der Waals surface area contributed by atoms with Crippen LogP contribution in [-0.4, -0.2) is 46.2 Å². The van der Waals surface area contributed by atoms with Gasteiger partial charge in [0, 0.05) is 16.7 Å². The van der Waals surface area contributed by atoms with Crippen LogP contribution < -0.4 is 19.2 Å². The van der Waals surface area contributed by atoms with Gasteiger partial charge in [-0.25, -0.2) is 13.8 Å². The van der Waals surface area contributed by atoms with Crippen molar-refractivity contribution in [1.82, 2.24) is 5.43 Å². The lowest BCUT2D eigenvalue weighted by molar-refractivity contribution is -0.385. The summed E-state index contributed by atoms with van der Waals surface area (Å²) in [5, 5.41) is 15.2. The second-order valence-electron chi connectivity index (χ2n) is 7.62. The number of carbonyl (C=O) groups excluding carboxylic acids is 1. The molecule has 0 saturated carbocycles. The van der Waals surface area contributed by atoms with E-state index < -0.39 is 27.4 Å². The second kappa shape index (κ2) is 11.7. The molecule has 0 aromatic heterocycles. The highest BCUT2D eigenvalue weighted by molar-refractivity contribution is 7.92. The summed E-state index contributed by atoms with van der Waals surface area (Å²) in [6.45, 7) is 1.16. The molecule has 0 bridgehead atoms. The van der Waals surface area contributed by atoms with Crippen LogP contribution in [-0.2, 0) is 14.8 Å². The van der Waals surface area contributed by atoms with Crippen molar-refractivity contribution in [3.05, 3.63) is 86.9 Å². The summed E-state index contributed by atoms with van der Waals surface area (Å²) in [4.78, 5) is 23.3. The number of benzene rings is 3. The molecule has 0 aliphatic heterocycles. The van der Waals surface area contributed by atoms with Gasteiger partial charge in [0.2, 0.25) is 0 Å². The summed E-state index contributed by atoms with van der Waals surface area (Å²) in [6, 6.07) is 14.6. The molecule has 3 rings (SSSR count). The third-order valence-electron chi connectivity index (χ3n) is 5.11. The standard InChI is InChI=1S/C24H23ClN4O7S/c1-16-4-8-19(9-5-16)37(33,34)28(20-13-18(25)7-11-22(20)35-2)15-24(30)27-26-14-17-6-10-23(36-3)21(12-17)29(31)32/h4-14H,15H2,1-3H3,(H,27,30)/b26-14-. The van der Waals surface area contributed by atoms with Crippen LogP contribution >= 0.6 is 11.6 Å². The summed E-state index contributed by atoms with van der Waals surface area (Å²) >= 11 is 6.12. The molecular formula is C24H23ClN4O7S. The number of halogens is 1. The fourth-order valence-electron chi connectivity index (χ4n) is 3.27. The smallest absolute Gasteiger partial charge is 0.311 e. The molecule has 0 saturated heterocycles. The zero-order valence-corrected chi connectivity index (χ0v) is 21.6. The summed E-state index contributed by atoms with van der Waals surface area (Å²) in [5.41, 5.74) is 3.19. The molecule has 0 unspecified atom stereocenters. The summed E-state index contributed by atoms with van der Waals surface area (Å²) in [7, 11) is -1.55. The van der Waals surface area contributed by atoms with Gasteiger partial charge in [-0.3, -0.25) is 19.2 Å². The SMILES string of the molecule is COc1ccc(Cl)cc1N(CC(=O)N/N=C\c1ccc(OC)c([N+](=O)[O-])c1)S(=O)(=O)c1ccc(C)cc1. The highest BCUT2D eigenvalue weighted by Gasteiger charge is 2.29. The highest BCUT2D eigenvalue weighted by Crippen LogP contribution is 2.35. The van der Waals surface area contributed by atoms with Crippen LogP contribution in [0, 0.1) is 17.0 Å². The first-order valence-corrected chi connectivity index (χ1v) is 12.5. The molecule has 1 N–H and O–H groups in total. The van der Waals surface area contributed by atoms with Gasteiger partial charge in [-0.15, -0.1) is 0 Å². The van der Waals surface area contributed by atoms with Crippen molar-refractivity contribution in [2.75, 3.05) is 25.1 Å². The Balaban J connectivity index is 1.90. The van der Waals surface area contributed by atoms with Crippen molar-refractivity contribution < 1.29 is 27.6 Å². The molecular weight excluding hydrogens is 524 g/mol. The Kier molecular flexibility index (Phi) is 8.69. The zero-order chi connectivity index (χ0) is 27.2. The van der Waals surface area contributed by atoms with Crippen molar-refractivity contribution >= 4 is 45.1 Å². The number of rotatable bonds is 10. The molecule has 0 heterocycles. The third kappa shape index (κ3) is 6.54. The summed E-state index contributed by atoms with van der Waals surface area (Å²) in [5.74, 6) is -0.530. The van der Waals surface area contributed by atoms with Crippen LogP contribution in [0.2, 0.25) is 5.02 Å². The van der Waals surface area contributed by atoms with E-state index in [4.69, 9.17) is 21.1 Å². The molecule has 1 amide bonds. The van der Waals surface area contributed by atoms with E-state index in [0.29, 0.717) is 5.56 Å². The lowest BCUT2D eigenvalue weighted by atomic mass is 10.2. The van der Waals surface area contributed by atoms with E-state index in [1.807, 2.05) is 6.92 Å². The van der Waals surface area contributed by atoms with Gasteiger partial charge in [0.05, 0.1) is 35.9 Å². The number of nitro groups is 1. The van der Waals surface area contributed by atoms with Crippen molar-refractivity contribution in [1.29, 1.82) is 0 Å². The number of ether oxygens (including phenoxy) is 2. The number of anilines is 1. The van der Waals surface area contributed by atoms with Crippen LogP contribution in [0.25, 0.3) is 0 Å². The second-order valence-corrected chi connectivity index (χ2v) is 9.92. The summed E-state index contributed by atoms with van der Waals surface area (Å²) in [6.07, 6.45) is 1.18. The first-order valence-electron chi connectivity index (χ1n) is 10.6. The average Bonchev–Trinajstić information content (AvgIpc) is 2.87. The number of nitrogens with zero attached hydrogens (tertiary/aromatic N) is 3. The zero-order valence-electron chi connectivity index (χ0n) is 20.0. The monoisotopic (exact) mass is 546 g/mol. The van der Waals surface area contributed by atoms with E-state index >= 15 is 0 Å². The molecule has 3 aromatic carbocycles. The number of aryl methyl sites for hydroxylation is 1. The van der Waals surface area contributed by atoms with E-state index in [1.165, 1.54) is 69.0 Å². The maximum absolute atomic E-state index is 13.5. The van der Waals surface area contributed by atoms with Crippen LogP contribution in [0.4, 0.5) is 11.4 Å². The predicted molar refractivity (Wildman–Crippen MR) is 139 cm³/mol. The van der Waals surface area contributed by atoms with Crippen LogP contribution in [0.1, 0.15) is 11.1 Å². The highest BCUT2D eigenvalue weighted by atomic mass is 35.5. The van der Waals surface area contributed by atoms with Crippen molar-refractivity contribution in [2.45, 2.75) is 11.8 Å². The third-order valence-corrected chi connectivity index (χ3v) is 7.12. The van der Waals surface area contributed by atoms with Crippen molar-refractivity contribution in [2.24, 2.45) is 5.10 Å². The Hall–Kier alpha value is -4.16. The molecule has 0 aliphatic carbocycles. The minimum atomic E-state index is -4.22. The number of sulfonamides is 1. The number of amides is 1. The maximum atomic E-state index is 13.5. The Bertz CT molecular complexity index is 1440. The van der Waals surface area contributed by atoms with E-state index in [9.17, 15) is 23.3 Å². The quantitative estimate of drug-likeness (QED) is 0.231. The van der Waals surface area contributed by atoms with Crippen LogP contribution in [0.3, 0.4) is 0 Å². The Morgan fingerprint density at radius 1 is 1.08 bits per heavy atom. The van der Waals surface area contributed by atoms with Gasteiger partial charge in [-0.2, -0.15) is 5.10 Å². The molecule has 0 atom stereocenters. The van der Waals surface area contributed by atoms with E-state index in [2.05, 4.69) is 10.5 Å². The Morgan fingerprint density at radius 2 is 1.73 bits per heavy atom. The van der Waals surface area contributed by atoms with Crippen LogP contribution in [0.5, 0.6) is 11.5 Å². The number of carbonyl (C=O) groups is 1. The molecule has 0 radical (unpaired) electrons. The molecule has 37 heavy (non-hydrogen) atoms. The molecule has 0 aliphatic rings. The maximum Gasteiger partial charge on any atom is 0.311 e. The number of hydrogen-bond acceptors (Lipinski definition) is 8. The predicted octanol–water partition coefficient (Wildman–Crippen LogP) is 3.92.